The summed E-state index contributed by atoms with van der Waals surface area (Å²) in [6.45, 7) is 0. The zero-order valence-corrected chi connectivity index (χ0v) is 11.8. The number of rotatable bonds is 3. The van der Waals surface area contributed by atoms with E-state index < -0.39 is 15.1 Å². The molecule has 0 unspecified atom stereocenters. The molecule has 7 heteroatoms. The van der Waals surface area contributed by atoms with Crippen molar-refractivity contribution in [1.82, 2.24) is 0 Å². The van der Waals surface area contributed by atoms with Crippen LogP contribution in [0.5, 0.6) is 0 Å². The molecule has 20 heavy (non-hydrogen) atoms. The van der Waals surface area contributed by atoms with Gasteiger partial charge in [-0.1, -0.05) is 11.6 Å². The van der Waals surface area contributed by atoms with Crippen LogP contribution in [0.3, 0.4) is 0 Å². The molecule has 0 saturated carbocycles. The number of primary sulfonamides is 1. The van der Waals surface area contributed by atoms with Gasteiger partial charge in [0.05, 0.1) is 0 Å². The number of sulfonamides is 1. The molecule has 0 fully saturated rings. The second-order valence-electron chi connectivity index (χ2n) is 4.04. The fourth-order valence-electron chi connectivity index (χ4n) is 1.55. The Hall–Kier alpha value is -1.89. The first-order valence-corrected chi connectivity index (χ1v) is 7.48. The van der Waals surface area contributed by atoms with Crippen LogP contribution in [0.15, 0.2) is 48.5 Å². The minimum absolute atomic E-state index is 0.0224. The largest absolute Gasteiger partial charge is 0.356 e. The van der Waals surface area contributed by atoms with E-state index in [0.717, 1.165) is 5.69 Å². The van der Waals surface area contributed by atoms with Crippen molar-refractivity contribution in [3.63, 3.8) is 0 Å². The van der Waals surface area contributed by atoms with Gasteiger partial charge >= 0.3 is 0 Å². The highest BCUT2D eigenvalue weighted by molar-refractivity contribution is 8.04. The topological polar surface area (TPSA) is 89.3 Å². The van der Waals surface area contributed by atoms with Crippen LogP contribution in [-0.4, -0.2) is 13.5 Å². The lowest BCUT2D eigenvalue weighted by atomic mass is 10.2. The zero-order valence-electron chi connectivity index (χ0n) is 10.2. The molecule has 0 aliphatic carbocycles. The van der Waals surface area contributed by atoms with Gasteiger partial charge in [0.15, 0.2) is 0 Å². The molecular formula is C13H11ClN2O3S. The van der Waals surface area contributed by atoms with Crippen molar-refractivity contribution >= 4 is 38.1 Å². The number of hydrogen-bond acceptors (Lipinski definition) is 4. The van der Waals surface area contributed by atoms with Crippen LogP contribution in [0.2, 0.25) is 5.02 Å². The van der Waals surface area contributed by atoms with Crippen LogP contribution in [0, 0.1) is 0 Å². The molecule has 0 amide bonds. The smallest absolute Gasteiger partial charge is 0.291 e. The summed E-state index contributed by atoms with van der Waals surface area (Å²) in [5, 5.41) is 7.39. The van der Waals surface area contributed by atoms with Crippen molar-refractivity contribution in [1.29, 1.82) is 0 Å². The predicted octanol–water partition coefficient (Wildman–Crippen LogP) is 2.51. The minimum Gasteiger partial charge on any atom is -0.356 e. The maximum absolute atomic E-state index is 11.4. The van der Waals surface area contributed by atoms with Crippen molar-refractivity contribution in [2.24, 2.45) is 5.14 Å². The first kappa shape index (κ1) is 14.5. The molecule has 0 heterocycles. The lowest BCUT2D eigenvalue weighted by Crippen LogP contribution is -2.23. The lowest BCUT2D eigenvalue weighted by molar-refractivity contribution is 0.107. The van der Waals surface area contributed by atoms with Gasteiger partial charge in [0.2, 0.25) is 0 Å². The third-order valence-corrected chi connectivity index (χ3v) is 3.52. The number of nitrogens with two attached hydrogens (primary N) is 1. The summed E-state index contributed by atoms with van der Waals surface area (Å²) in [5.41, 5.74) is 1.55. The van der Waals surface area contributed by atoms with Crippen molar-refractivity contribution in [2.45, 2.75) is 0 Å². The van der Waals surface area contributed by atoms with E-state index in [0.29, 0.717) is 10.7 Å². The summed E-state index contributed by atoms with van der Waals surface area (Å²) in [7, 11) is -4.21. The second-order valence-corrected chi connectivity index (χ2v) is 5.94. The normalized spacial score (nSPS) is 11.1. The van der Waals surface area contributed by atoms with E-state index in [4.69, 9.17) is 16.7 Å². The molecule has 0 saturated heterocycles. The van der Waals surface area contributed by atoms with Crippen LogP contribution in [0.4, 0.5) is 11.4 Å². The summed E-state index contributed by atoms with van der Waals surface area (Å²) in [5.74, 6) is 0. The minimum atomic E-state index is -4.21. The van der Waals surface area contributed by atoms with Gasteiger partial charge in [0.1, 0.15) is 0 Å². The Kier molecular flexibility index (Phi) is 4.08. The molecule has 0 spiro atoms. The fourth-order valence-corrected chi connectivity index (χ4v) is 2.14. The number of carbonyl (C=O) groups is 1. The Morgan fingerprint density at radius 3 is 1.85 bits per heavy atom. The van der Waals surface area contributed by atoms with E-state index in [1.807, 2.05) is 0 Å². The van der Waals surface area contributed by atoms with Gasteiger partial charge < -0.3 is 5.32 Å². The number of halogens is 1. The van der Waals surface area contributed by atoms with Crippen molar-refractivity contribution in [3.8, 4) is 0 Å². The highest BCUT2D eigenvalue weighted by Crippen LogP contribution is 2.19. The highest BCUT2D eigenvalue weighted by Gasteiger charge is 2.18. The molecule has 3 N–H and O–H groups in total. The first-order valence-electron chi connectivity index (χ1n) is 5.56. The number of benzene rings is 2. The SMILES string of the molecule is NS(=O)(=O)C(=O)c1ccc(Nc2ccc(Cl)cc2)cc1. The average Bonchev–Trinajstić information content (AvgIpc) is 2.40. The van der Waals surface area contributed by atoms with E-state index in [9.17, 15) is 13.2 Å². The number of anilines is 2. The molecule has 104 valence electrons. The summed E-state index contributed by atoms with van der Waals surface area (Å²) in [6, 6.07) is 13.0. The molecular weight excluding hydrogens is 300 g/mol. The standard InChI is InChI=1S/C13H11ClN2O3S/c14-10-3-7-12(8-4-10)16-11-5-1-9(2-6-11)13(17)20(15,18)19/h1-8,16H,(H2,15,18,19). The summed E-state index contributed by atoms with van der Waals surface area (Å²) in [4.78, 5) is 11.4. The highest BCUT2D eigenvalue weighted by atomic mass is 35.5. The van der Waals surface area contributed by atoms with E-state index in [2.05, 4.69) is 5.32 Å². The molecule has 0 radical (unpaired) electrons. The molecule has 0 aliphatic rings. The fraction of sp³-hybridized carbons (Fsp3) is 0. The summed E-state index contributed by atoms with van der Waals surface area (Å²) in [6.07, 6.45) is 0. The Morgan fingerprint density at radius 2 is 1.40 bits per heavy atom. The average molecular weight is 311 g/mol. The van der Waals surface area contributed by atoms with Gasteiger partial charge in [0, 0.05) is 22.0 Å². The number of hydrogen-bond donors (Lipinski definition) is 2. The molecule has 2 aromatic carbocycles. The Balaban J connectivity index is 2.16. The van der Waals surface area contributed by atoms with Gasteiger partial charge in [-0.15, -0.1) is 0 Å². The van der Waals surface area contributed by atoms with Gasteiger partial charge in [-0.3, -0.25) is 4.79 Å². The van der Waals surface area contributed by atoms with E-state index >= 15 is 0 Å². The Morgan fingerprint density at radius 1 is 0.950 bits per heavy atom. The number of nitrogens with one attached hydrogen (secondary N) is 1. The van der Waals surface area contributed by atoms with Crippen molar-refractivity contribution < 1.29 is 13.2 Å². The second kappa shape index (κ2) is 5.62. The van der Waals surface area contributed by atoms with E-state index in [-0.39, 0.29) is 5.56 Å². The van der Waals surface area contributed by atoms with Crippen LogP contribution in [-0.2, 0) is 10.0 Å². The van der Waals surface area contributed by atoms with Gasteiger partial charge in [-0.05, 0) is 48.5 Å². The molecule has 0 aliphatic heterocycles. The van der Waals surface area contributed by atoms with Crippen LogP contribution in [0.25, 0.3) is 0 Å². The molecule has 0 bridgehead atoms. The Labute approximate surface area is 121 Å². The van der Waals surface area contributed by atoms with Gasteiger partial charge in [-0.2, -0.15) is 0 Å². The molecule has 2 rings (SSSR count). The van der Waals surface area contributed by atoms with Crippen LogP contribution in [0.1, 0.15) is 10.4 Å². The third kappa shape index (κ3) is 3.57. The third-order valence-electron chi connectivity index (χ3n) is 2.51. The maximum Gasteiger partial charge on any atom is 0.291 e. The van der Waals surface area contributed by atoms with Gasteiger partial charge in [0.25, 0.3) is 15.1 Å². The summed E-state index contributed by atoms with van der Waals surface area (Å²) < 4.78 is 21.9. The summed E-state index contributed by atoms with van der Waals surface area (Å²) >= 11 is 5.78. The molecule has 5 nitrogen and oxygen atoms in total. The molecule has 0 atom stereocenters. The molecule has 2 aromatic rings. The first-order chi connectivity index (χ1) is 9.36. The quantitative estimate of drug-likeness (QED) is 0.911. The Bertz CT molecular complexity index is 725. The monoisotopic (exact) mass is 310 g/mol. The van der Waals surface area contributed by atoms with Crippen molar-refractivity contribution in [3.05, 3.63) is 59.1 Å². The number of carbonyl (C=O) groups excluding carboxylic acids is 1. The van der Waals surface area contributed by atoms with E-state index in [1.54, 1.807) is 36.4 Å². The van der Waals surface area contributed by atoms with Gasteiger partial charge in [-0.25, -0.2) is 13.6 Å². The predicted molar refractivity (Wildman–Crippen MR) is 78.6 cm³/mol. The van der Waals surface area contributed by atoms with Crippen LogP contribution >= 0.6 is 11.6 Å². The van der Waals surface area contributed by atoms with Crippen LogP contribution < -0.4 is 10.5 Å². The van der Waals surface area contributed by atoms with E-state index in [1.165, 1.54) is 12.1 Å². The lowest BCUT2D eigenvalue weighted by Gasteiger charge is -2.07. The molecule has 0 aromatic heterocycles. The maximum atomic E-state index is 11.4. The zero-order chi connectivity index (χ0) is 14.8. The van der Waals surface area contributed by atoms with Crippen molar-refractivity contribution in [2.75, 3.05) is 5.32 Å².